The Morgan fingerprint density at radius 3 is 2.65 bits per heavy atom. The molecular weight excluding hydrogens is 298 g/mol. The number of aliphatic carboxylic acids is 1. The van der Waals surface area contributed by atoms with Crippen molar-refractivity contribution in [1.82, 2.24) is 14.1 Å². The van der Waals surface area contributed by atoms with E-state index < -0.39 is 5.97 Å². The van der Waals surface area contributed by atoms with Crippen LogP contribution in [0.4, 0.5) is 0 Å². The zero-order valence-corrected chi connectivity index (χ0v) is 13.4. The number of carbonyl (C=O) groups is 1. The number of carboxylic acid groups (broad SMARTS) is 1. The first-order valence-corrected chi connectivity index (χ1v) is 7.84. The number of pyridine rings is 1. The third kappa shape index (κ3) is 2.83. The average Bonchev–Trinajstić information content (AvgIpc) is 2.80. The topological polar surface area (TPSA) is 86.4 Å². The van der Waals surface area contributed by atoms with E-state index in [9.17, 15) is 9.59 Å². The number of fused-ring (bicyclic) bond motifs is 1. The molecule has 0 aliphatic heterocycles. The van der Waals surface area contributed by atoms with E-state index in [0.29, 0.717) is 36.8 Å². The van der Waals surface area contributed by atoms with Crippen molar-refractivity contribution in [3.8, 4) is 5.88 Å². The number of hydrogen-bond donors (Lipinski definition) is 1. The highest BCUT2D eigenvalue weighted by Crippen LogP contribution is 2.30. The van der Waals surface area contributed by atoms with E-state index in [1.54, 1.807) is 29.4 Å². The minimum atomic E-state index is -0.711. The van der Waals surface area contributed by atoms with E-state index in [2.05, 4.69) is 4.98 Å². The Bertz CT molecular complexity index is 784. The smallest absolute Gasteiger partial charge is 0.330 e. The molecule has 23 heavy (non-hydrogen) atoms. The van der Waals surface area contributed by atoms with Crippen LogP contribution in [0.2, 0.25) is 0 Å². The second-order valence-corrected chi connectivity index (χ2v) is 6.20. The molecule has 2 aromatic rings. The third-order valence-corrected chi connectivity index (χ3v) is 4.81. The molecule has 0 atom stereocenters. The van der Waals surface area contributed by atoms with Gasteiger partial charge in [-0.25, -0.2) is 4.79 Å². The SMILES string of the molecule is COc1ccc2c(n1)n(CC1CCC(C(=O)O)CC1)c(=O)n2C. The molecule has 0 spiro atoms. The maximum Gasteiger partial charge on any atom is 0.330 e. The van der Waals surface area contributed by atoms with E-state index in [4.69, 9.17) is 9.84 Å². The molecule has 1 fully saturated rings. The predicted octanol–water partition coefficient (Wildman–Crippen LogP) is 1.63. The largest absolute Gasteiger partial charge is 0.481 e. The van der Waals surface area contributed by atoms with Crippen molar-refractivity contribution in [3.05, 3.63) is 22.6 Å². The number of methoxy groups -OCH3 is 1. The second kappa shape index (κ2) is 6.06. The summed E-state index contributed by atoms with van der Waals surface area (Å²) in [6, 6.07) is 3.57. The van der Waals surface area contributed by atoms with Gasteiger partial charge in [-0.3, -0.25) is 13.9 Å². The molecule has 2 aromatic heterocycles. The standard InChI is InChI=1S/C16H21N3O4/c1-18-12-7-8-13(23-2)17-14(12)19(16(18)22)9-10-3-5-11(6-4-10)15(20)21/h7-8,10-11H,3-6,9H2,1-2H3,(H,20,21). The maximum absolute atomic E-state index is 12.5. The summed E-state index contributed by atoms with van der Waals surface area (Å²) in [5.41, 5.74) is 1.30. The first-order valence-electron chi connectivity index (χ1n) is 7.84. The van der Waals surface area contributed by atoms with Crippen LogP contribution < -0.4 is 10.4 Å². The molecule has 0 saturated heterocycles. The minimum absolute atomic E-state index is 0.0962. The van der Waals surface area contributed by atoms with Gasteiger partial charge in [0.15, 0.2) is 5.65 Å². The summed E-state index contributed by atoms with van der Waals surface area (Å²) in [5, 5.41) is 9.08. The maximum atomic E-state index is 12.5. The van der Waals surface area contributed by atoms with Crippen LogP contribution in [0.25, 0.3) is 11.2 Å². The van der Waals surface area contributed by atoms with Crippen LogP contribution in [0.1, 0.15) is 25.7 Å². The van der Waals surface area contributed by atoms with Gasteiger partial charge in [0.1, 0.15) is 0 Å². The van der Waals surface area contributed by atoms with Crippen molar-refractivity contribution in [2.75, 3.05) is 7.11 Å². The number of nitrogens with zero attached hydrogens (tertiary/aromatic N) is 3. The van der Waals surface area contributed by atoms with Gasteiger partial charge in [-0.2, -0.15) is 4.98 Å². The summed E-state index contributed by atoms with van der Waals surface area (Å²) in [4.78, 5) is 27.9. The van der Waals surface area contributed by atoms with Crippen LogP contribution in [-0.4, -0.2) is 32.3 Å². The molecule has 0 aromatic carbocycles. The summed E-state index contributed by atoms with van der Waals surface area (Å²) < 4.78 is 8.43. The van der Waals surface area contributed by atoms with E-state index in [1.807, 2.05) is 6.07 Å². The number of ether oxygens (including phenoxy) is 1. The first kappa shape index (κ1) is 15.6. The monoisotopic (exact) mass is 319 g/mol. The minimum Gasteiger partial charge on any atom is -0.481 e. The number of imidazole rings is 1. The van der Waals surface area contributed by atoms with Gasteiger partial charge < -0.3 is 9.84 Å². The zero-order chi connectivity index (χ0) is 16.6. The predicted molar refractivity (Wildman–Crippen MR) is 84.6 cm³/mol. The molecule has 1 aliphatic rings. The van der Waals surface area contributed by atoms with Crippen LogP contribution in [0, 0.1) is 11.8 Å². The normalized spacial score (nSPS) is 21.5. The van der Waals surface area contributed by atoms with Gasteiger partial charge >= 0.3 is 11.7 Å². The number of hydrogen-bond acceptors (Lipinski definition) is 4. The Labute approximate surface area is 133 Å². The summed E-state index contributed by atoms with van der Waals surface area (Å²) in [6.07, 6.45) is 3.00. The molecule has 1 saturated carbocycles. The van der Waals surface area contributed by atoms with Gasteiger partial charge in [0.25, 0.3) is 0 Å². The number of aromatic nitrogens is 3. The van der Waals surface area contributed by atoms with Crippen molar-refractivity contribution < 1.29 is 14.6 Å². The second-order valence-electron chi connectivity index (χ2n) is 6.20. The van der Waals surface area contributed by atoms with Gasteiger partial charge in [-0.1, -0.05) is 0 Å². The van der Waals surface area contributed by atoms with E-state index in [1.165, 1.54) is 0 Å². The third-order valence-electron chi connectivity index (χ3n) is 4.81. The van der Waals surface area contributed by atoms with E-state index in [0.717, 1.165) is 18.4 Å². The summed E-state index contributed by atoms with van der Waals surface area (Å²) in [7, 11) is 3.28. The molecule has 2 heterocycles. The van der Waals surface area contributed by atoms with Crippen LogP contribution in [0.5, 0.6) is 5.88 Å². The Kier molecular flexibility index (Phi) is 4.11. The van der Waals surface area contributed by atoms with Gasteiger partial charge in [0, 0.05) is 19.7 Å². The summed E-state index contributed by atoms with van der Waals surface area (Å²) in [6.45, 7) is 0.572. The van der Waals surface area contributed by atoms with E-state index in [-0.39, 0.29) is 11.6 Å². The Balaban J connectivity index is 1.87. The van der Waals surface area contributed by atoms with Crippen LogP contribution >= 0.6 is 0 Å². The van der Waals surface area contributed by atoms with Crippen molar-refractivity contribution >= 4 is 17.1 Å². The first-order chi connectivity index (χ1) is 11.0. The fourth-order valence-electron chi connectivity index (χ4n) is 3.39. The molecule has 0 amide bonds. The molecule has 7 nitrogen and oxygen atoms in total. The lowest BCUT2D eigenvalue weighted by atomic mass is 9.82. The van der Waals surface area contributed by atoms with Gasteiger partial charge in [-0.05, 0) is 37.7 Å². The molecular formula is C16H21N3O4. The lowest BCUT2D eigenvalue weighted by molar-refractivity contribution is -0.143. The quantitative estimate of drug-likeness (QED) is 0.925. The lowest BCUT2D eigenvalue weighted by Gasteiger charge is -2.26. The molecule has 3 rings (SSSR count). The highest BCUT2D eigenvalue weighted by molar-refractivity contribution is 5.72. The Morgan fingerprint density at radius 1 is 1.35 bits per heavy atom. The number of aryl methyl sites for hydroxylation is 1. The van der Waals surface area contributed by atoms with Crippen LogP contribution in [0.3, 0.4) is 0 Å². The van der Waals surface area contributed by atoms with E-state index >= 15 is 0 Å². The fraction of sp³-hybridized carbons (Fsp3) is 0.562. The fourth-order valence-corrected chi connectivity index (χ4v) is 3.39. The molecule has 0 radical (unpaired) electrons. The Hall–Kier alpha value is -2.31. The molecule has 0 unspecified atom stereocenters. The van der Waals surface area contributed by atoms with Gasteiger partial charge in [-0.15, -0.1) is 0 Å². The number of carboxylic acids is 1. The molecule has 0 bridgehead atoms. The highest BCUT2D eigenvalue weighted by atomic mass is 16.5. The Morgan fingerprint density at radius 2 is 2.04 bits per heavy atom. The lowest BCUT2D eigenvalue weighted by Crippen LogP contribution is -2.29. The zero-order valence-electron chi connectivity index (χ0n) is 13.4. The summed E-state index contributed by atoms with van der Waals surface area (Å²) in [5.74, 6) is -0.167. The number of rotatable bonds is 4. The van der Waals surface area contributed by atoms with Gasteiger partial charge in [0.2, 0.25) is 5.88 Å². The summed E-state index contributed by atoms with van der Waals surface area (Å²) >= 11 is 0. The average molecular weight is 319 g/mol. The van der Waals surface area contributed by atoms with Crippen molar-refractivity contribution in [2.24, 2.45) is 18.9 Å². The molecule has 124 valence electrons. The highest BCUT2D eigenvalue weighted by Gasteiger charge is 2.27. The molecule has 7 heteroatoms. The van der Waals surface area contributed by atoms with Crippen LogP contribution in [0.15, 0.2) is 16.9 Å². The van der Waals surface area contributed by atoms with Crippen LogP contribution in [-0.2, 0) is 18.4 Å². The molecule has 1 aliphatic carbocycles. The van der Waals surface area contributed by atoms with Crippen molar-refractivity contribution in [3.63, 3.8) is 0 Å². The van der Waals surface area contributed by atoms with Gasteiger partial charge in [0.05, 0.1) is 18.5 Å². The molecule has 1 N–H and O–H groups in total. The van der Waals surface area contributed by atoms with Crippen molar-refractivity contribution in [2.45, 2.75) is 32.2 Å². The van der Waals surface area contributed by atoms with Crippen molar-refractivity contribution in [1.29, 1.82) is 0 Å².